The molecule has 1 saturated heterocycles. The first kappa shape index (κ1) is 21.9. The summed E-state index contributed by atoms with van der Waals surface area (Å²) in [5, 5.41) is 13.8. The smallest absolute Gasteiger partial charge is 0.127 e. The van der Waals surface area contributed by atoms with Crippen LogP contribution in [0.15, 0.2) is 18.2 Å². The van der Waals surface area contributed by atoms with Crippen molar-refractivity contribution in [1.82, 2.24) is 15.1 Å². The van der Waals surface area contributed by atoms with Gasteiger partial charge in [-0.3, -0.25) is 4.90 Å². The molecule has 1 aromatic rings. The lowest BCUT2D eigenvalue weighted by Gasteiger charge is -2.33. The van der Waals surface area contributed by atoms with E-state index in [2.05, 4.69) is 22.2 Å². The third-order valence-corrected chi connectivity index (χ3v) is 4.79. The van der Waals surface area contributed by atoms with Crippen LogP contribution >= 0.6 is 0 Å². The number of benzene rings is 1. The van der Waals surface area contributed by atoms with Crippen LogP contribution in [0.2, 0.25) is 0 Å². The maximum atomic E-state index is 10.4. The summed E-state index contributed by atoms with van der Waals surface area (Å²) in [6.07, 6.45) is 0.453. The topological polar surface area (TPSA) is 66.4 Å². The molecule has 0 saturated carbocycles. The molecule has 2 N–H and O–H groups in total. The number of likely N-dealkylation sites (N-methyl/N-ethyl adjacent to an activating group) is 1. The van der Waals surface area contributed by atoms with Crippen molar-refractivity contribution < 1.29 is 19.3 Å². The van der Waals surface area contributed by atoms with Crippen LogP contribution in [0.25, 0.3) is 0 Å². The Balaban J connectivity index is 1.83. The summed E-state index contributed by atoms with van der Waals surface area (Å²) in [6, 6.07) is 5.82. The fourth-order valence-electron chi connectivity index (χ4n) is 3.07. The number of hydrogen-bond donors (Lipinski definition) is 2. The van der Waals surface area contributed by atoms with Crippen LogP contribution in [0.5, 0.6) is 11.5 Å². The van der Waals surface area contributed by atoms with Crippen LogP contribution in [-0.2, 0) is 11.3 Å². The highest BCUT2D eigenvalue weighted by Gasteiger charge is 2.18. The van der Waals surface area contributed by atoms with Crippen molar-refractivity contribution in [3.63, 3.8) is 0 Å². The molecule has 154 valence electrons. The Morgan fingerprint density at radius 2 is 1.96 bits per heavy atom. The zero-order chi connectivity index (χ0) is 19.5. The quantitative estimate of drug-likeness (QED) is 0.520. The summed E-state index contributed by atoms with van der Waals surface area (Å²) in [5.41, 5.74) is 1.06. The maximum absolute atomic E-state index is 10.4. The van der Waals surface area contributed by atoms with E-state index < -0.39 is 6.10 Å². The van der Waals surface area contributed by atoms with Gasteiger partial charge in [0.15, 0.2) is 0 Å². The molecule has 1 heterocycles. The van der Waals surface area contributed by atoms with E-state index in [0.717, 1.165) is 62.8 Å². The van der Waals surface area contributed by atoms with Gasteiger partial charge in [-0.1, -0.05) is 6.07 Å². The first-order valence-electron chi connectivity index (χ1n) is 9.70. The number of β-amino-alcohol motifs (C(OH)–C–C–N with tert-alkyl or cyclic N) is 1. The van der Waals surface area contributed by atoms with Gasteiger partial charge in [-0.25, -0.2) is 0 Å². The molecule has 2 rings (SSSR count). The lowest BCUT2D eigenvalue weighted by molar-refractivity contribution is 0.0501. The third kappa shape index (κ3) is 8.02. The first-order chi connectivity index (χ1) is 13.1. The fraction of sp³-hybridized carbons (Fsp3) is 0.700. The van der Waals surface area contributed by atoms with E-state index in [0.29, 0.717) is 13.1 Å². The minimum absolute atomic E-state index is 0.274. The van der Waals surface area contributed by atoms with Crippen molar-refractivity contribution in [2.75, 3.05) is 73.7 Å². The molecule has 27 heavy (non-hydrogen) atoms. The lowest BCUT2D eigenvalue weighted by atomic mass is 10.2. The van der Waals surface area contributed by atoms with E-state index in [4.69, 9.17) is 14.2 Å². The molecule has 7 heteroatoms. The van der Waals surface area contributed by atoms with Crippen molar-refractivity contribution in [2.24, 2.45) is 0 Å². The second-order valence-corrected chi connectivity index (χ2v) is 7.07. The minimum atomic E-state index is -0.512. The van der Waals surface area contributed by atoms with Gasteiger partial charge in [-0.05, 0) is 26.1 Å². The summed E-state index contributed by atoms with van der Waals surface area (Å²) in [4.78, 5) is 4.60. The average Bonchev–Trinajstić information content (AvgIpc) is 2.68. The average molecular weight is 382 g/mol. The number of aliphatic hydroxyl groups is 1. The SMILES string of the molecule is COCCCNCc1ccc(OC)cc1OC[C@H](O)CN1CCN(C)CC1. The summed E-state index contributed by atoms with van der Waals surface area (Å²) in [7, 11) is 5.48. The van der Waals surface area contributed by atoms with Gasteiger partial charge < -0.3 is 29.5 Å². The molecule has 1 fully saturated rings. The third-order valence-electron chi connectivity index (χ3n) is 4.79. The molecule has 1 aromatic carbocycles. The van der Waals surface area contributed by atoms with Crippen LogP contribution in [0.1, 0.15) is 12.0 Å². The zero-order valence-corrected chi connectivity index (χ0v) is 16.9. The van der Waals surface area contributed by atoms with Crippen LogP contribution < -0.4 is 14.8 Å². The molecule has 0 spiro atoms. The summed E-state index contributed by atoms with van der Waals surface area (Å²) < 4.78 is 16.3. The second-order valence-electron chi connectivity index (χ2n) is 7.07. The highest BCUT2D eigenvalue weighted by atomic mass is 16.5. The van der Waals surface area contributed by atoms with E-state index in [9.17, 15) is 5.11 Å². The largest absolute Gasteiger partial charge is 0.497 e. The van der Waals surface area contributed by atoms with E-state index in [1.54, 1.807) is 14.2 Å². The van der Waals surface area contributed by atoms with Crippen molar-refractivity contribution in [1.29, 1.82) is 0 Å². The predicted octanol–water partition coefficient (Wildman–Crippen LogP) is 0.808. The van der Waals surface area contributed by atoms with Gasteiger partial charge in [0.25, 0.3) is 0 Å². The molecular weight excluding hydrogens is 346 g/mol. The van der Waals surface area contributed by atoms with Gasteiger partial charge in [0.1, 0.15) is 24.2 Å². The predicted molar refractivity (Wildman–Crippen MR) is 107 cm³/mol. The molecular formula is C20H35N3O4. The molecule has 7 nitrogen and oxygen atoms in total. The number of piperazine rings is 1. The van der Waals surface area contributed by atoms with Crippen LogP contribution in [0.4, 0.5) is 0 Å². The highest BCUT2D eigenvalue weighted by molar-refractivity contribution is 5.40. The number of ether oxygens (including phenoxy) is 3. The van der Waals surface area contributed by atoms with Crippen LogP contribution in [0.3, 0.4) is 0 Å². The van der Waals surface area contributed by atoms with Gasteiger partial charge >= 0.3 is 0 Å². The van der Waals surface area contributed by atoms with E-state index in [1.807, 2.05) is 18.2 Å². The monoisotopic (exact) mass is 381 g/mol. The minimum Gasteiger partial charge on any atom is -0.497 e. The molecule has 0 unspecified atom stereocenters. The first-order valence-corrected chi connectivity index (χ1v) is 9.70. The van der Waals surface area contributed by atoms with E-state index >= 15 is 0 Å². The molecule has 1 aliphatic heterocycles. The normalized spacial score (nSPS) is 17.0. The summed E-state index contributed by atoms with van der Waals surface area (Å²) in [5.74, 6) is 1.51. The second kappa shape index (κ2) is 12.2. The Morgan fingerprint density at radius 3 is 2.67 bits per heavy atom. The summed E-state index contributed by atoms with van der Waals surface area (Å²) in [6.45, 7) is 7.32. The van der Waals surface area contributed by atoms with Gasteiger partial charge in [-0.2, -0.15) is 0 Å². The Labute approximate surface area is 163 Å². The van der Waals surface area contributed by atoms with Crippen LogP contribution in [-0.4, -0.2) is 94.8 Å². The number of nitrogens with zero attached hydrogens (tertiary/aromatic N) is 2. The highest BCUT2D eigenvalue weighted by Crippen LogP contribution is 2.25. The molecule has 0 radical (unpaired) electrons. The van der Waals surface area contributed by atoms with Crippen molar-refractivity contribution in [3.05, 3.63) is 23.8 Å². The molecule has 0 bridgehead atoms. The Bertz CT molecular complexity index is 536. The number of hydrogen-bond acceptors (Lipinski definition) is 7. The standard InChI is InChI=1S/C20H35N3O4/c1-22-8-10-23(11-9-22)15-18(24)16-27-20-13-19(26-3)6-5-17(20)14-21-7-4-12-25-2/h5-6,13,18,21,24H,4,7-12,14-16H2,1-3H3/t18-/m1/s1. The number of methoxy groups -OCH3 is 2. The molecule has 0 aliphatic carbocycles. The maximum Gasteiger partial charge on any atom is 0.127 e. The van der Waals surface area contributed by atoms with Crippen molar-refractivity contribution in [3.8, 4) is 11.5 Å². The lowest BCUT2D eigenvalue weighted by Crippen LogP contribution is -2.47. The number of rotatable bonds is 12. The van der Waals surface area contributed by atoms with Gasteiger partial charge in [0.05, 0.1) is 7.11 Å². The van der Waals surface area contributed by atoms with Gasteiger partial charge in [0, 0.05) is 64.6 Å². The number of aliphatic hydroxyl groups excluding tert-OH is 1. The van der Waals surface area contributed by atoms with E-state index in [-0.39, 0.29) is 6.61 Å². The fourth-order valence-corrected chi connectivity index (χ4v) is 3.07. The van der Waals surface area contributed by atoms with Gasteiger partial charge in [-0.15, -0.1) is 0 Å². The number of nitrogens with one attached hydrogen (secondary N) is 1. The molecule has 1 atom stereocenters. The molecule has 0 aromatic heterocycles. The van der Waals surface area contributed by atoms with Gasteiger partial charge in [0.2, 0.25) is 0 Å². The van der Waals surface area contributed by atoms with Crippen LogP contribution in [0, 0.1) is 0 Å². The zero-order valence-electron chi connectivity index (χ0n) is 16.9. The van der Waals surface area contributed by atoms with Crippen molar-refractivity contribution in [2.45, 2.75) is 19.1 Å². The van der Waals surface area contributed by atoms with Crippen molar-refractivity contribution >= 4 is 0 Å². The Hall–Kier alpha value is -1.38. The summed E-state index contributed by atoms with van der Waals surface area (Å²) >= 11 is 0. The molecule has 1 aliphatic rings. The Morgan fingerprint density at radius 1 is 1.19 bits per heavy atom. The Kier molecular flexibility index (Phi) is 9.86. The van der Waals surface area contributed by atoms with E-state index in [1.165, 1.54) is 0 Å². The molecule has 0 amide bonds.